The van der Waals surface area contributed by atoms with Gasteiger partial charge in [-0.15, -0.1) is 0 Å². The molecule has 0 bridgehead atoms. The van der Waals surface area contributed by atoms with Crippen molar-refractivity contribution in [2.45, 2.75) is 19.9 Å². The number of imidazole rings is 1. The number of halogens is 2. The van der Waals surface area contributed by atoms with Gasteiger partial charge in [0.05, 0.1) is 11.0 Å². The third kappa shape index (κ3) is 3.64. The van der Waals surface area contributed by atoms with Gasteiger partial charge in [0.1, 0.15) is 17.5 Å². The topological polar surface area (TPSA) is 42.7 Å². The first-order valence-electron chi connectivity index (χ1n) is 8.79. The van der Waals surface area contributed by atoms with Gasteiger partial charge in [0.25, 0.3) is 0 Å². The first-order valence-corrected chi connectivity index (χ1v) is 9.16. The van der Waals surface area contributed by atoms with Crippen LogP contribution in [0.2, 0.25) is 5.02 Å². The Morgan fingerprint density at radius 1 is 1.07 bits per heavy atom. The number of aromatic nitrogens is 3. The number of fused-ring (bicyclic) bond motifs is 1. The number of rotatable bonds is 5. The first kappa shape index (κ1) is 17.5. The highest BCUT2D eigenvalue weighted by Crippen LogP contribution is 2.26. The van der Waals surface area contributed by atoms with Gasteiger partial charge >= 0.3 is 0 Å². The molecule has 2 aromatic heterocycles. The Bertz CT molecular complexity index is 1070. The molecule has 4 nitrogen and oxygen atoms in total. The smallest absolute Gasteiger partial charge is 0.142 e. The van der Waals surface area contributed by atoms with Gasteiger partial charge < -0.3 is 9.88 Å². The number of pyridine rings is 1. The molecule has 6 heteroatoms. The normalized spacial score (nSPS) is 11.1. The predicted octanol–water partition coefficient (Wildman–Crippen LogP) is 6.04. The summed E-state index contributed by atoms with van der Waals surface area (Å²) in [6.45, 7) is 2.85. The molecule has 1 N–H and O–H groups in total. The highest BCUT2D eigenvalue weighted by atomic mass is 35.5. The molecule has 0 unspecified atom stereocenters. The van der Waals surface area contributed by atoms with Crippen LogP contribution in [0.4, 0.5) is 15.9 Å². The van der Waals surface area contributed by atoms with Crippen molar-refractivity contribution in [2.24, 2.45) is 0 Å². The SMILES string of the molecule is CCCn1c(-c2ccc(Nc3ccc(Cl)cc3)nc2)nc2ccc(F)cc21. The molecule has 2 heterocycles. The van der Waals surface area contributed by atoms with E-state index in [2.05, 4.69) is 22.2 Å². The molecule has 0 saturated heterocycles. The Morgan fingerprint density at radius 3 is 2.59 bits per heavy atom. The van der Waals surface area contributed by atoms with Gasteiger partial charge in [0.15, 0.2) is 0 Å². The second-order valence-electron chi connectivity index (χ2n) is 6.28. The molecule has 0 spiro atoms. The summed E-state index contributed by atoms with van der Waals surface area (Å²) in [5.74, 6) is 1.26. The van der Waals surface area contributed by atoms with Crippen molar-refractivity contribution < 1.29 is 4.39 Å². The second kappa shape index (κ2) is 7.37. The summed E-state index contributed by atoms with van der Waals surface area (Å²) in [4.78, 5) is 9.18. The molecular formula is C21H18ClFN4. The minimum atomic E-state index is -0.257. The zero-order valence-corrected chi connectivity index (χ0v) is 15.5. The number of hydrogen-bond donors (Lipinski definition) is 1. The van der Waals surface area contributed by atoms with E-state index >= 15 is 0 Å². The molecule has 0 saturated carbocycles. The van der Waals surface area contributed by atoms with Gasteiger partial charge in [-0.25, -0.2) is 14.4 Å². The van der Waals surface area contributed by atoms with Gasteiger partial charge in [-0.2, -0.15) is 0 Å². The minimum Gasteiger partial charge on any atom is -0.340 e. The molecule has 0 atom stereocenters. The van der Waals surface area contributed by atoms with Crippen LogP contribution in [-0.4, -0.2) is 14.5 Å². The molecule has 136 valence electrons. The van der Waals surface area contributed by atoms with E-state index in [1.165, 1.54) is 12.1 Å². The molecule has 0 radical (unpaired) electrons. The van der Waals surface area contributed by atoms with E-state index in [4.69, 9.17) is 11.6 Å². The number of anilines is 2. The van der Waals surface area contributed by atoms with Gasteiger partial charge in [0.2, 0.25) is 0 Å². The van der Waals surface area contributed by atoms with Crippen molar-refractivity contribution in [1.29, 1.82) is 0 Å². The van der Waals surface area contributed by atoms with Crippen LogP contribution in [0, 0.1) is 5.82 Å². The average Bonchev–Trinajstić information content (AvgIpc) is 3.02. The van der Waals surface area contributed by atoms with Crippen molar-refractivity contribution in [3.8, 4) is 11.4 Å². The molecule has 0 aliphatic rings. The van der Waals surface area contributed by atoms with Crippen LogP contribution in [0.5, 0.6) is 0 Å². The summed E-state index contributed by atoms with van der Waals surface area (Å²) >= 11 is 5.91. The predicted molar refractivity (Wildman–Crippen MR) is 108 cm³/mol. The van der Waals surface area contributed by atoms with Crippen LogP contribution in [0.25, 0.3) is 22.4 Å². The highest BCUT2D eigenvalue weighted by molar-refractivity contribution is 6.30. The lowest BCUT2D eigenvalue weighted by Gasteiger charge is -2.09. The van der Waals surface area contributed by atoms with E-state index in [1.54, 1.807) is 12.3 Å². The monoisotopic (exact) mass is 380 g/mol. The van der Waals surface area contributed by atoms with E-state index < -0.39 is 0 Å². The molecule has 0 aliphatic carbocycles. The summed E-state index contributed by atoms with van der Waals surface area (Å²) in [6.07, 6.45) is 2.71. The summed E-state index contributed by atoms with van der Waals surface area (Å²) in [5.41, 5.74) is 3.38. The van der Waals surface area contributed by atoms with Gasteiger partial charge in [-0.1, -0.05) is 18.5 Å². The Hall–Kier alpha value is -2.92. The molecule has 0 aliphatic heterocycles. The maximum atomic E-state index is 13.7. The Balaban J connectivity index is 1.67. The van der Waals surface area contributed by atoms with Crippen LogP contribution in [0.3, 0.4) is 0 Å². The van der Waals surface area contributed by atoms with Crippen molar-refractivity contribution in [3.05, 3.63) is 71.6 Å². The Kier molecular flexibility index (Phi) is 4.77. The van der Waals surface area contributed by atoms with Gasteiger partial charge in [-0.3, -0.25) is 0 Å². The number of nitrogens with zero attached hydrogens (tertiary/aromatic N) is 3. The second-order valence-corrected chi connectivity index (χ2v) is 6.72. The third-order valence-corrected chi connectivity index (χ3v) is 4.55. The largest absolute Gasteiger partial charge is 0.340 e. The molecule has 4 rings (SSSR count). The minimum absolute atomic E-state index is 0.257. The number of aryl methyl sites for hydroxylation is 1. The van der Waals surface area contributed by atoms with E-state index in [9.17, 15) is 4.39 Å². The van der Waals surface area contributed by atoms with E-state index in [1.807, 2.05) is 41.0 Å². The number of benzene rings is 2. The molecule has 0 amide bonds. The number of nitrogens with one attached hydrogen (secondary N) is 1. The molecule has 0 fully saturated rings. The van der Waals surface area contributed by atoms with Crippen molar-refractivity contribution in [3.63, 3.8) is 0 Å². The molecule has 4 aromatic rings. The van der Waals surface area contributed by atoms with Crippen LogP contribution in [-0.2, 0) is 6.54 Å². The standard InChI is InChI=1S/C21H18ClFN4/c1-2-11-27-19-12-16(23)6-9-18(19)26-21(27)14-3-10-20(24-13-14)25-17-7-4-15(22)5-8-17/h3-10,12-13H,2,11H2,1H3,(H,24,25). The van der Waals surface area contributed by atoms with Crippen LogP contribution in [0.1, 0.15) is 13.3 Å². The lowest BCUT2D eigenvalue weighted by Crippen LogP contribution is -2.00. The first-order chi connectivity index (χ1) is 13.1. The fourth-order valence-corrected chi connectivity index (χ4v) is 3.17. The zero-order chi connectivity index (χ0) is 18.8. The summed E-state index contributed by atoms with van der Waals surface area (Å²) in [5, 5.41) is 3.93. The summed E-state index contributed by atoms with van der Waals surface area (Å²) in [6, 6.07) is 16.0. The van der Waals surface area contributed by atoms with E-state index in [0.717, 1.165) is 46.9 Å². The summed E-state index contributed by atoms with van der Waals surface area (Å²) < 4.78 is 15.7. The summed E-state index contributed by atoms with van der Waals surface area (Å²) in [7, 11) is 0. The Labute approximate surface area is 161 Å². The van der Waals surface area contributed by atoms with E-state index in [0.29, 0.717) is 5.02 Å². The maximum absolute atomic E-state index is 13.7. The van der Waals surface area contributed by atoms with Crippen molar-refractivity contribution in [1.82, 2.24) is 14.5 Å². The quantitative estimate of drug-likeness (QED) is 0.458. The van der Waals surface area contributed by atoms with E-state index in [-0.39, 0.29) is 5.82 Å². The van der Waals surface area contributed by atoms with Gasteiger partial charge in [-0.05, 0) is 61.0 Å². The van der Waals surface area contributed by atoms with Gasteiger partial charge in [0, 0.05) is 29.0 Å². The third-order valence-electron chi connectivity index (χ3n) is 4.30. The fourth-order valence-electron chi connectivity index (χ4n) is 3.05. The van der Waals surface area contributed by atoms with Crippen molar-refractivity contribution in [2.75, 3.05) is 5.32 Å². The van der Waals surface area contributed by atoms with Crippen LogP contribution in [0.15, 0.2) is 60.8 Å². The van der Waals surface area contributed by atoms with Crippen LogP contribution >= 0.6 is 11.6 Å². The number of hydrogen-bond acceptors (Lipinski definition) is 3. The molecular weight excluding hydrogens is 363 g/mol. The highest BCUT2D eigenvalue weighted by Gasteiger charge is 2.13. The molecule has 2 aromatic carbocycles. The lowest BCUT2D eigenvalue weighted by molar-refractivity contribution is 0.627. The average molecular weight is 381 g/mol. The lowest BCUT2D eigenvalue weighted by atomic mass is 10.2. The van der Waals surface area contributed by atoms with Crippen LogP contribution < -0.4 is 5.32 Å². The molecule has 27 heavy (non-hydrogen) atoms. The Morgan fingerprint density at radius 2 is 1.89 bits per heavy atom. The van der Waals surface area contributed by atoms with Crippen molar-refractivity contribution >= 4 is 34.1 Å². The zero-order valence-electron chi connectivity index (χ0n) is 14.8. The fraction of sp³-hybridized carbons (Fsp3) is 0.143. The maximum Gasteiger partial charge on any atom is 0.142 e.